The van der Waals surface area contributed by atoms with E-state index in [-0.39, 0.29) is 11.9 Å². The molecule has 114 valence electrons. The molecule has 1 rings (SSSR count). The van der Waals surface area contributed by atoms with Crippen LogP contribution >= 0.6 is 0 Å². The second kappa shape index (κ2) is 9.14. The van der Waals surface area contributed by atoms with Crippen molar-refractivity contribution < 1.29 is 9.53 Å². The number of hydrogen-bond acceptors (Lipinski definition) is 6. The fraction of sp³-hybridized carbons (Fsp3) is 0.571. The molecule has 0 fully saturated rings. The van der Waals surface area contributed by atoms with Crippen molar-refractivity contribution in [2.24, 2.45) is 22.5 Å². The Kier molecular flexibility index (Phi) is 8.31. The minimum absolute atomic E-state index is 0.115. The molecule has 1 heterocycles. The Labute approximate surface area is 121 Å². The van der Waals surface area contributed by atoms with Gasteiger partial charge in [0.2, 0.25) is 0 Å². The summed E-state index contributed by atoms with van der Waals surface area (Å²) in [5, 5.41) is 1.35. The molecule has 0 aromatic carbocycles. The molecule has 0 aromatic heterocycles. The number of esters is 1. The molecule has 0 saturated carbocycles. The lowest BCUT2D eigenvalue weighted by Gasteiger charge is -2.22. The van der Waals surface area contributed by atoms with E-state index >= 15 is 0 Å². The molecule has 2 atom stereocenters. The maximum atomic E-state index is 11.8. The van der Waals surface area contributed by atoms with Gasteiger partial charge in [0.15, 0.2) is 0 Å². The number of ether oxygens (including phenoxy) is 1. The van der Waals surface area contributed by atoms with Crippen LogP contribution in [0.4, 0.5) is 0 Å². The van der Waals surface area contributed by atoms with Crippen LogP contribution in [0.3, 0.4) is 0 Å². The Morgan fingerprint density at radius 1 is 1.55 bits per heavy atom. The van der Waals surface area contributed by atoms with Gasteiger partial charge in [0.05, 0.1) is 6.61 Å². The van der Waals surface area contributed by atoms with Crippen molar-refractivity contribution in [1.29, 1.82) is 0 Å². The van der Waals surface area contributed by atoms with E-state index in [4.69, 9.17) is 16.3 Å². The maximum Gasteiger partial charge on any atom is 0.330 e. The molecular formula is C14H26N4O2. The minimum Gasteiger partial charge on any atom is -0.464 e. The summed E-state index contributed by atoms with van der Waals surface area (Å²) in [5.41, 5.74) is 7.29. The SMILES string of the molecule is CC.CCOC(=O)C1C(C)C(/C(N)=C/C=NC)=CN1N. The Bertz CT molecular complexity index is 402. The smallest absolute Gasteiger partial charge is 0.330 e. The molecule has 1 aliphatic rings. The summed E-state index contributed by atoms with van der Waals surface area (Å²) in [7, 11) is 1.66. The number of carbonyl (C=O) groups is 1. The zero-order chi connectivity index (χ0) is 15.7. The molecule has 1 aliphatic heterocycles. The minimum atomic E-state index is -0.523. The average Bonchev–Trinajstić information content (AvgIpc) is 2.74. The highest BCUT2D eigenvalue weighted by atomic mass is 16.5. The van der Waals surface area contributed by atoms with Crippen LogP contribution < -0.4 is 11.6 Å². The van der Waals surface area contributed by atoms with Gasteiger partial charge in [-0.15, -0.1) is 0 Å². The van der Waals surface area contributed by atoms with Crippen molar-refractivity contribution in [3.05, 3.63) is 23.5 Å². The number of nitrogens with zero attached hydrogens (tertiary/aromatic N) is 2. The third-order valence-corrected chi connectivity index (χ3v) is 2.84. The largest absolute Gasteiger partial charge is 0.464 e. The van der Waals surface area contributed by atoms with Crippen LogP contribution in [0.25, 0.3) is 0 Å². The summed E-state index contributed by atoms with van der Waals surface area (Å²) in [5.74, 6) is 5.34. The van der Waals surface area contributed by atoms with Gasteiger partial charge in [-0.25, -0.2) is 10.6 Å². The molecule has 0 saturated heterocycles. The quantitative estimate of drug-likeness (QED) is 0.459. The summed E-state index contributed by atoms with van der Waals surface area (Å²) in [6.45, 7) is 7.99. The molecule has 20 heavy (non-hydrogen) atoms. The summed E-state index contributed by atoms with van der Waals surface area (Å²) in [4.78, 5) is 15.6. The number of carbonyl (C=O) groups excluding carboxylic acids is 1. The molecule has 0 aliphatic carbocycles. The first kappa shape index (κ1) is 18.2. The molecule has 0 amide bonds. The molecule has 0 radical (unpaired) electrons. The lowest BCUT2D eigenvalue weighted by atomic mass is 9.95. The molecular weight excluding hydrogens is 256 g/mol. The molecule has 6 nitrogen and oxygen atoms in total. The van der Waals surface area contributed by atoms with Crippen molar-refractivity contribution in [1.82, 2.24) is 5.01 Å². The van der Waals surface area contributed by atoms with E-state index in [1.54, 1.807) is 32.5 Å². The monoisotopic (exact) mass is 282 g/mol. The van der Waals surface area contributed by atoms with Crippen molar-refractivity contribution >= 4 is 12.2 Å². The van der Waals surface area contributed by atoms with Gasteiger partial charge in [-0.05, 0) is 18.6 Å². The Morgan fingerprint density at radius 3 is 2.65 bits per heavy atom. The number of aliphatic imine (C=N–C) groups is 1. The molecule has 0 aromatic rings. The van der Waals surface area contributed by atoms with Gasteiger partial charge >= 0.3 is 5.97 Å². The Balaban J connectivity index is 0.00000172. The van der Waals surface area contributed by atoms with Gasteiger partial charge in [-0.1, -0.05) is 20.8 Å². The lowest BCUT2D eigenvalue weighted by molar-refractivity contribution is -0.149. The van der Waals surface area contributed by atoms with Crippen LogP contribution in [-0.4, -0.2) is 36.9 Å². The second-order valence-corrected chi connectivity index (χ2v) is 4.05. The van der Waals surface area contributed by atoms with E-state index in [1.807, 2.05) is 20.8 Å². The van der Waals surface area contributed by atoms with Crippen LogP contribution in [0.1, 0.15) is 27.7 Å². The first-order valence-electron chi connectivity index (χ1n) is 6.82. The van der Waals surface area contributed by atoms with Crippen LogP contribution in [0.5, 0.6) is 0 Å². The van der Waals surface area contributed by atoms with E-state index < -0.39 is 6.04 Å². The van der Waals surface area contributed by atoms with Gasteiger partial charge in [-0.3, -0.25) is 4.99 Å². The standard InChI is InChI=1S/C12H20N4O2.C2H6/c1-4-18-12(17)11-8(2)9(7-16(11)14)10(13)5-6-15-3;1-2/h5-8,11H,4,13-14H2,1-3H3;1-2H3/b10-5-,15-6?;. The van der Waals surface area contributed by atoms with E-state index in [2.05, 4.69) is 4.99 Å². The first-order valence-corrected chi connectivity index (χ1v) is 6.82. The van der Waals surface area contributed by atoms with Gasteiger partial charge in [0.1, 0.15) is 6.04 Å². The molecule has 6 heteroatoms. The predicted octanol–water partition coefficient (Wildman–Crippen LogP) is 1.20. The van der Waals surface area contributed by atoms with Crippen molar-refractivity contribution in [3.8, 4) is 0 Å². The highest BCUT2D eigenvalue weighted by Crippen LogP contribution is 2.29. The number of allylic oxidation sites excluding steroid dienone is 2. The van der Waals surface area contributed by atoms with Crippen LogP contribution in [0.2, 0.25) is 0 Å². The zero-order valence-electron chi connectivity index (χ0n) is 13.0. The highest BCUT2D eigenvalue weighted by Gasteiger charge is 2.38. The van der Waals surface area contributed by atoms with Gasteiger partial charge in [0, 0.05) is 31.1 Å². The van der Waals surface area contributed by atoms with Crippen LogP contribution in [-0.2, 0) is 9.53 Å². The third kappa shape index (κ3) is 4.38. The predicted molar refractivity (Wildman–Crippen MR) is 81.7 cm³/mol. The summed E-state index contributed by atoms with van der Waals surface area (Å²) in [6.07, 6.45) is 4.95. The van der Waals surface area contributed by atoms with Gasteiger partial charge in [-0.2, -0.15) is 0 Å². The number of nitrogens with two attached hydrogens (primary N) is 2. The summed E-state index contributed by atoms with van der Waals surface area (Å²) < 4.78 is 5.00. The molecule has 2 unspecified atom stereocenters. The van der Waals surface area contributed by atoms with E-state index in [0.29, 0.717) is 12.3 Å². The lowest BCUT2D eigenvalue weighted by Crippen LogP contribution is -2.43. The van der Waals surface area contributed by atoms with E-state index in [0.717, 1.165) is 5.57 Å². The number of hydrogen-bond donors (Lipinski definition) is 2. The second-order valence-electron chi connectivity index (χ2n) is 4.05. The molecule has 0 spiro atoms. The topological polar surface area (TPSA) is 93.9 Å². The van der Waals surface area contributed by atoms with Crippen LogP contribution in [0.15, 0.2) is 28.5 Å². The maximum absolute atomic E-state index is 11.8. The van der Waals surface area contributed by atoms with Gasteiger partial charge < -0.3 is 15.5 Å². The average molecular weight is 282 g/mol. The van der Waals surface area contributed by atoms with Crippen LogP contribution in [0, 0.1) is 5.92 Å². The van der Waals surface area contributed by atoms with Gasteiger partial charge in [0.25, 0.3) is 0 Å². The Hall–Kier alpha value is -1.82. The normalized spacial score (nSPS) is 22.4. The number of rotatable bonds is 4. The van der Waals surface area contributed by atoms with Crippen molar-refractivity contribution in [3.63, 3.8) is 0 Å². The zero-order valence-corrected chi connectivity index (χ0v) is 13.0. The van der Waals surface area contributed by atoms with Crippen molar-refractivity contribution in [2.75, 3.05) is 13.7 Å². The fourth-order valence-corrected chi connectivity index (χ4v) is 1.93. The third-order valence-electron chi connectivity index (χ3n) is 2.84. The van der Waals surface area contributed by atoms with E-state index in [1.165, 1.54) is 5.01 Å². The highest BCUT2D eigenvalue weighted by molar-refractivity contribution is 5.79. The number of hydrazine groups is 1. The first-order chi connectivity index (χ1) is 9.52. The fourth-order valence-electron chi connectivity index (χ4n) is 1.93. The molecule has 4 N–H and O–H groups in total. The Morgan fingerprint density at radius 2 is 2.15 bits per heavy atom. The summed E-state index contributed by atoms with van der Waals surface area (Å²) in [6, 6.07) is -0.523. The van der Waals surface area contributed by atoms with E-state index in [9.17, 15) is 4.79 Å². The van der Waals surface area contributed by atoms with Crippen molar-refractivity contribution in [2.45, 2.75) is 33.7 Å². The molecule has 0 bridgehead atoms. The summed E-state index contributed by atoms with van der Waals surface area (Å²) >= 11 is 0.